The van der Waals surface area contributed by atoms with E-state index in [2.05, 4.69) is 9.39 Å². The Morgan fingerprint density at radius 2 is 1.82 bits per heavy atom. The van der Waals surface area contributed by atoms with Gasteiger partial charge in [0.2, 0.25) is 0 Å². The Labute approximate surface area is 66.1 Å². The molecule has 0 aromatic carbocycles. The molecule has 0 aliphatic carbocycles. The van der Waals surface area contributed by atoms with Crippen molar-refractivity contribution in [1.82, 2.24) is 0 Å². The second-order valence-electron chi connectivity index (χ2n) is 1.80. The van der Waals surface area contributed by atoms with Gasteiger partial charge in [-0.15, -0.1) is 0 Å². The monoisotopic (exact) mass is 157 g/mol. The number of esters is 1. The number of hydrogen-bond donors (Lipinski definition) is 0. The van der Waals surface area contributed by atoms with Crippen molar-refractivity contribution < 1.29 is 19.0 Å². The molecule has 11 heavy (non-hydrogen) atoms. The van der Waals surface area contributed by atoms with Crippen LogP contribution in [0.1, 0.15) is 12.8 Å². The van der Waals surface area contributed by atoms with Gasteiger partial charge in [-0.25, -0.2) is 0 Å². The summed E-state index contributed by atoms with van der Waals surface area (Å²) in [6.45, 7) is 1.59. The largest absolute Gasteiger partial charge is 0.539 e. The molecule has 5 heteroatoms. The van der Waals surface area contributed by atoms with Crippen molar-refractivity contribution in [2.75, 3.05) is 7.11 Å². The van der Waals surface area contributed by atoms with Crippen LogP contribution in [0.3, 0.4) is 0 Å². The molecule has 0 bridgehead atoms. The lowest BCUT2D eigenvalue weighted by Gasteiger charge is -1.99. The lowest BCUT2D eigenvalue weighted by molar-refractivity contribution is -0.144. The third kappa shape index (κ3) is 5.45. The van der Waals surface area contributed by atoms with Crippen LogP contribution in [0.2, 0.25) is 6.82 Å². The Bertz CT molecular complexity index is 146. The van der Waals surface area contributed by atoms with Crippen molar-refractivity contribution >= 4 is 19.4 Å². The van der Waals surface area contributed by atoms with Gasteiger partial charge in [0.25, 0.3) is 5.97 Å². The van der Waals surface area contributed by atoms with E-state index in [0.717, 1.165) is 0 Å². The molecule has 0 amide bonds. The predicted octanol–water partition coefficient (Wildman–Crippen LogP) is 0.150. The van der Waals surface area contributed by atoms with Gasteiger partial charge in [0.05, 0.1) is 20.0 Å². The summed E-state index contributed by atoms with van der Waals surface area (Å²) >= 11 is 0. The number of carbonyl (C=O) groups is 2. The summed E-state index contributed by atoms with van der Waals surface area (Å²) < 4.78 is 8.79. The second kappa shape index (κ2) is 5.76. The summed E-state index contributed by atoms with van der Waals surface area (Å²) in [7, 11) is 2.55. The molecule has 4 nitrogen and oxygen atoms in total. The highest BCUT2D eigenvalue weighted by Crippen LogP contribution is 1.93. The third-order valence-corrected chi connectivity index (χ3v) is 1.01. The molecule has 0 atom stereocenters. The van der Waals surface area contributed by atoms with Gasteiger partial charge in [-0.3, -0.25) is 9.59 Å². The van der Waals surface area contributed by atoms with E-state index in [0.29, 0.717) is 0 Å². The Kier molecular flexibility index (Phi) is 5.24. The number of carbonyl (C=O) groups excluding carboxylic acids is 2. The number of ether oxygens (including phenoxy) is 1. The third-order valence-electron chi connectivity index (χ3n) is 1.01. The van der Waals surface area contributed by atoms with Crippen molar-refractivity contribution in [3.8, 4) is 0 Å². The molecule has 0 spiro atoms. The number of hydrogen-bond acceptors (Lipinski definition) is 4. The fourth-order valence-electron chi connectivity index (χ4n) is 0.497. The molecule has 0 rings (SSSR count). The van der Waals surface area contributed by atoms with Crippen LogP contribution in [0.25, 0.3) is 0 Å². The topological polar surface area (TPSA) is 52.6 Å². The van der Waals surface area contributed by atoms with Crippen molar-refractivity contribution in [3.05, 3.63) is 0 Å². The zero-order valence-corrected chi connectivity index (χ0v) is 6.62. The normalized spacial score (nSPS) is 8.55. The molecular formula is C6H10BO4. The van der Waals surface area contributed by atoms with Crippen LogP contribution in [-0.2, 0) is 19.0 Å². The standard InChI is InChI=1S/C6H10BO4/c1-7-11-6(9)4-3-5(8)10-2/h3-4H2,1-2H3. The lowest BCUT2D eigenvalue weighted by atomic mass is 10.1. The van der Waals surface area contributed by atoms with E-state index in [4.69, 9.17) is 0 Å². The highest BCUT2D eigenvalue weighted by molar-refractivity contribution is 6.28. The van der Waals surface area contributed by atoms with E-state index in [-0.39, 0.29) is 12.8 Å². The fourth-order valence-corrected chi connectivity index (χ4v) is 0.497. The zero-order valence-electron chi connectivity index (χ0n) is 6.62. The summed E-state index contributed by atoms with van der Waals surface area (Å²) in [5.41, 5.74) is 0. The second-order valence-corrected chi connectivity index (χ2v) is 1.80. The van der Waals surface area contributed by atoms with Crippen molar-refractivity contribution in [2.45, 2.75) is 19.7 Å². The Hall–Kier alpha value is -0.995. The molecule has 0 aliphatic rings. The Morgan fingerprint density at radius 3 is 2.27 bits per heavy atom. The molecule has 0 fully saturated rings. The van der Waals surface area contributed by atoms with Crippen LogP contribution < -0.4 is 0 Å². The molecule has 0 saturated heterocycles. The van der Waals surface area contributed by atoms with E-state index in [1.54, 1.807) is 6.82 Å². The maximum absolute atomic E-state index is 10.6. The maximum atomic E-state index is 10.6. The summed E-state index contributed by atoms with van der Waals surface area (Å²) in [4.78, 5) is 21.1. The van der Waals surface area contributed by atoms with E-state index in [1.807, 2.05) is 0 Å². The first-order valence-corrected chi connectivity index (χ1v) is 3.24. The average Bonchev–Trinajstić information content (AvgIpc) is 2.01. The van der Waals surface area contributed by atoms with Crippen LogP contribution in [0.15, 0.2) is 0 Å². The van der Waals surface area contributed by atoms with Crippen molar-refractivity contribution in [2.24, 2.45) is 0 Å². The number of methoxy groups -OCH3 is 1. The van der Waals surface area contributed by atoms with Gasteiger partial charge in [-0.2, -0.15) is 0 Å². The molecule has 0 heterocycles. The van der Waals surface area contributed by atoms with E-state index < -0.39 is 11.9 Å². The first kappa shape index (κ1) is 10.0. The minimum absolute atomic E-state index is 0.0665. The molecule has 0 unspecified atom stereocenters. The lowest BCUT2D eigenvalue weighted by Crippen LogP contribution is -2.09. The molecule has 0 aromatic heterocycles. The highest BCUT2D eigenvalue weighted by Gasteiger charge is 2.06. The van der Waals surface area contributed by atoms with Gasteiger partial charge in [-0.05, 0) is 0 Å². The smallest absolute Gasteiger partial charge is 0.370 e. The molecule has 0 aromatic rings. The molecule has 61 valence electrons. The minimum Gasteiger partial charge on any atom is -0.539 e. The van der Waals surface area contributed by atoms with Crippen molar-refractivity contribution in [3.63, 3.8) is 0 Å². The highest BCUT2D eigenvalue weighted by atomic mass is 16.5. The van der Waals surface area contributed by atoms with Crippen molar-refractivity contribution in [1.29, 1.82) is 0 Å². The number of rotatable bonds is 4. The van der Waals surface area contributed by atoms with Gasteiger partial charge in [0.1, 0.15) is 0 Å². The predicted molar refractivity (Wildman–Crippen MR) is 39.0 cm³/mol. The van der Waals surface area contributed by atoms with Crippen LogP contribution in [0, 0.1) is 0 Å². The van der Waals surface area contributed by atoms with Crippen LogP contribution in [0.4, 0.5) is 0 Å². The van der Waals surface area contributed by atoms with Gasteiger partial charge in [-0.1, -0.05) is 6.82 Å². The van der Waals surface area contributed by atoms with Gasteiger partial charge in [0.15, 0.2) is 0 Å². The van der Waals surface area contributed by atoms with E-state index in [1.165, 1.54) is 14.6 Å². The van der Waals surface area contributed by atoms with E-state index >= 15 is 0 Å². The summed E-state index contributed by atoms with van der Waals surface area (Å²) in [6, 6.07) is 0. The summed E-state index contributed by atoms with van der Waals surface area (Å²) in [6.07, 6.45) is 0.139. The van der Waals surface area contributed by atoms with Crippen LogP contribution in [-0.4, -0.2) is 26.5 Å². The summed E-state index contributed by atoms with van der Waals surface area (Å²) in [5, 5.41) is 0. The summed E-state index contributed by atoms with van der Waals surface area (Å²) in [5.74, 6) is -0.823. The first-order valence-electron chi connectivity index (χ1n) is 3.24. The molecule has 0 N–H and O–H groups in total. The fraction of sp³-hybridized carbons (Fsp3) is 0.667. The first-order chi connectivity index (χ1) is 5.20. The molecule has 1 radical (unpaired) electrons. The van der Waals surface area contributed by atoms with Crippen LogP contribution >= 0.6 is 0 Å². The van der Waals surface area contributed by atoms with Gasteiger partial charge in [0, 0.05) is 0 Å². The van der Waals surface area contributed by atoms with Gasteiger partial charge < -0.3 is 9.39 Å². The SMILES string of the molecule is C[B]OC(=O)CCC(=O)OC. The minimum atomic E-state index is -0.419. The average molecular weight is 157 g/mol. The Morgan fingerprint density at radius 1 is 1.27 bits per heavy atom. The molecular weight excluding hydrogens is 147 g/mol. The molecule has 0 saturated carbocycles. The van der Waals surface area contributed by atoms with E-state index in [9.17, 15) is 9.59 Å². The Balaban J connectivity index is 3.38. The quantitative estimate of drug-likeness (QED) is 0.430. The van der Waals surface area contributed by atoms with Crippen LogP contribution in [0.5, 0.6) is 0 Å². The maximum Gasteiger partial charge on any atom is 0.370 e. The van der Waals surface area contributed by atoms with Gasteiger partial charge >= 0.3 is 13.5 Å². The zero-order chi connectivity index (χ0) is 8.69. The molecule has 0 aliphatic heterocycles.